The predicted octanol–water partition coefficient (Wildman–Crippen LogP) is 2.48. The van der Waals surface area contributed by atoms with E-state index in [9.17, 15) is 0 Å². The van der Waals surface area contributed by atoms with Gasteiger partial charge in [0.2, 0.25) is 0 Å². The first-order chi connectivity index (χ1) is 10.2. The number of halogens is 1. The normalized spacial score (nSPS) is 26.0. The molecule has 2 fully saturated rings. The molecule has 4 heterocycles. The molecule has 2 aliphatic heterocycles. The Morgan fingerprint density at radius 3 is 2.86 bits per heavy atom. The maximum Gasteiger partial charge on any atom is 0.159 e. The molecule has 2 unspecified atom stereocenters. The third kappa shape index (κ3) is 1.87. The molecule has 0 aromatic carbocycles. The summed E-state index contributed by atoms with van der Waals surface area (Å²) >= 11 is 6.20. The van der Waals surface area contributed by atoms with E-state index in [2.05, 4.69) is 21.5 Å². The third-order valence-corrected chi connectivity index (χ3v) is 5.41. The predicted molar refractivity (Wildman–Crippen MR) is 83.7 cm³/mol. The summed E-state index contributed by atoms with van der Waals surface area (Å²) in [6, 6.07) is 1.16. The highest BCUT2D eigenvalue weighted by atomic mass is 35.5. The lowest BCUT2D eigenvalue weighted by Gasteiger charge is -2.23. The Morgan fingerprint density at radius 2 is 2.10 bits per heavy atom. The average Bonchev–Trinajstić information content (AvgIpc) is 3.19. The Balaban J connectivity index is 1.88. The molecular weight excluding hydrogens is 286 g/mol. The van der Waals surface area contributed by atoms with Gasteiger partial charge in [-0.1, -0.05) is 6.92 Å². The van der Waals surface area contributed by atoms with Crippen LogP contribution in [0.5, 0.6) is 0 Å². The first-order valence-electron chi connectivity index (χ1n) is 7.97. The van der Waals surface area contributed by atoms with Crippen molar-refractivity contribution in [1.29, 1.82) is 0 Å². The van der Waals surface area contributed by atoms with Gasteiger partial charge in [0, 0.05) is 19.6 Å². The second-order valence-corrected chi connectivity index (χ2v) is 6.50. The molecule has 0 radical (unpaired) electrons. The summed E-state index contributed by atoms with van der Waals surface area (Å²) in [5, 5.41) is 4.64. The van der Waals surface area contributed by atoms with Crippen molar-refractivity contribution < 1.29 is 0 Å². The Labute approximate surface area is 129 Å². The van der Waals surface area contributed by atoms with Crippen molar-refractivity contribution in [2.24, 2.45) is 7.05 Å². The highest BCUT2D eigenvalue weighted by Gasteiger charge is 2.40. The van der Waals surface area contributed by atoms with Crippen molar-refractivity contribution in [1.82, 2.24) is 24.2 Å². The van der Waals surface area contributed by atoms with Crippen molar-refractivity contribution in [3.8, 4) is 0 Å². The van der Waals surface area contributed by atoms with E-state index in [1.165, 1.54) is 32.4 Å². The molecule has 0 amide bonds. The van der Waals surface area contributed by atoms with Crippen molar-refractivity contribution in [2.75, 3.05) is 13.1 Å². The summed E-state index contributed by atoms with van der Waals surface area (Å²) in [4.78, 5) is 7.44. The summed E-state index contributed by atoms with van der Waals surface area (Å²) in [7, 11) is 2.03. The van der Waals surface area contributed by atoms with Gasteiger partial charge >= 0.3 is 0 Å². The van der Waals surface area contributed by atoms with Crippen molar-refractivity contribution in [3.63, 3.8) is 0 Å². The maximum absolute atomic E-state index is 6.20. The average molecular weight is 308 g/mol. The van der Waals surface area contributed by atoms with Gasteiger partial charge in [0.25, 0.3) is 0 Å². The van der Waals surface area contributed by atoms with Crippen LogP contribution < -0.4 is 0 Å². The molecule has 2 aromatic rings. The molecule has 0 N–H and O–H groups in total. The fourth-order valence-electron chi connectivity index (χ4n) is 4.29. The number of aryl methyl sites for hydroxylation is 2. The van der Waals surface area contributed by atoms with E-state index in [4.69, 9.17) is 16.6 Å². The fraction of sp³-hybridized carbons (Fsp3) is 0.733. The van der Waals surface area contributed by atoms with Crippen LogP contribution in [0.15, 0.2) is 0 Å². The van der Waals surface area contributed by atoms with E-state index in [1.807, 2.05) is 11.7 Å². The molecule has 21 heavy (non-hydrogen) atoms. The molecule has 2 aliphatic rings. The minimum atomic E-state index is 0.473. The van der Waals surface area contributed by atoms with E-state index < -0.39 is 0 Å². The summed E-state index contributed by atoms with van der Waals surface area (Å²) in [6.07, 6.45) is 4.73. The summed E-state index contributed by atoms with van der Waals surface area (Å²) < 4.78 is 4.39. The number of rotatable bonds is 3. The highest BCUT2D eigenvalue weighted by Crippen LogP contribution is 2.39. The SMILES string of the molecule is CCc1nn(C)c2c1nc(CCl)n2C1CCN2CCCC12. The van der Waals surface area contributed by atoms with E-state index in [-0.39, 0.29) is 0 Å². The monoisotopic (exact) mass is 307 g/mol. The number of imidazole rings is 1. The molecule has 2 atom stereocenters. The number of hydrogen-bond donors (Lipinski definition) is 0. The highest BCUT2D eigenvalue weighted by molar-refractivity contribution is 6.16. The van der Waals surface area contributed by atoms with Crippen LogP contribution in [-0.4, -0.2) is 43.4 Å². The molecule has 5 nitrogen and oxygen atoms in total. The number of fused-ring (bicyclic) bond motifs is 2. The minimum absolute atomic E-state index is 0.473. The Bertz CT molecular complexity index is 673. The Hall–Kier alpha value is -1.07. The zero-order valence-corrected chi connectivity index (χ0v) is 13.5. The fourth-order valence-corrected chi connectivity index (χ4v) is 4.47. The van der Waals surface area contributed by atoms with E-state index in [1.54, 1.807) is 0 Å². The lowest BCUT2D eigenvalue weighted by Crippen LogP contribution is -2.28. The third-order valence-electron chi connectivity index (χ3n) is 5.17. The van der Waals surface area contributed by atoms with Crippen LogP contribution in [0, 0.1) is 0 Å². The molecule has 0 aliphatic carbocycles. The van der Waals surface area contributed by atoms with Crippen LogP contribution in [0.3, 0.4) is 0 Å². The molecule has 0 bridgehead atoms. The Kier molecular flexibility index (Phi) is 3.23. The molecule has 2 saturated heterocycles. The van der Waals surface area contributed by atoms with Crippen LogP contribution in [0.4, 0.5) is 0 Å². The lowest BCUT2D eigenvalue weighted by atomic mass is 10.1. The molecule has 6 heteroatoms. The molecule has 114 valence electrons. The summed E-state index contributed by atoms with van der Waals surface area (Å²) in [6.45, 7) is 4.59. The maximum atomic E-state index is 6.20. The van der Waals surface area contributed by atoms with Gasteiger partial charge in [-0.25, -0.2) is 4.98 Å². The molecular formula is C15H22ClN5. The van der Waals surface area contributed by atoms with Crippen LogP contribution in [0.2, 0.25) is 0 Å². The molecule has 0 saturated carbocycles. The molecule has 0 spiro atoms. The van der Waals surface area contributed by atoms with Gasteiger partial charge in [0.1, 0.15) is 11.3 Å². The van der Waals surface area contributed by atoms with Crippen LogP contribution in [0.25, 0.3) is 11.2 Å². The van der Waals surface area contributed by atoms with E-state index in [0.29, 0.717) is 18.0 Å². The van der Waals surface area contributed by atoms with Gasteiger partial charge in [0.15, 0.2) is 5.65 Å². The van der Waals surface area contributed by atoms with E-state index in [0.717, 1.165) is 29.1 Å². The zero-order valence-electron chi connectivity index (χ0n) is 12.7. The van der Waals surface area contributed by atoms with Gasteiger partial charge in [-0.05, 0) is 32.2 Å². The molecule has 2 aromatic heterocycles. The van der Waals surface area contributed by atoms with Gasteiger partial charge in [-0.2, -0.15) is 5.10 Å². The van der Waals surface area contributed by atoms with Crippen LogP contribution in [-0.2, 0) is 19.3 Å². The number of aromatic nitrogens is 4. The first kappa shape index (κ1) is 13.6. The van der Waals surface area contributed by atoms with Gasteiger partial charge in [-0.15, -0.1) is 11.6 Å². The van der Waals surface area contributed by atoms with Gasteiger partial charge in [0.05, 0.1) is 17.6 Å². The smallest absolute Gasteiger partial charge is 0.159 e. The second-order valence-electron chi connectivity index (χ2n) is 6.23. The topological polar surface area (TPSA) is 38.9 Å². The van der Waals surface area contributed by atoms with Crippen molar-refractivity contribution in [2.45, 2.75) is 50.6 Å². The molecule has 4 rings (SSSR count). The van der Waals surface area contributed by atoms with Crippen LogP contribution in [0.1, 0.15) is 43.7 Å². The Morgan fingerprint density at radius 1 is 1.24 bits per heavy atom. The van der Waals surface area contributed by atoms with Gasteiger partial charge in [-0.3, -0.25) is 9.58 Å². The first-order valence-corrected chi connectivity index (χ1v) is 8.50. The lowest BCUT2D eigenvalue weighted by molar-refractivity contribution is 0.289. The van der Waals surface area contributed by atoms with E-state index >= 15 is 0 Å². The summed E-state index contributed by atoms with van der Waals surface area (Å²) in [5.74, 6) is 1.48. The standard InChI is InChI=1S/C15H22ClN5/c1-3-10-14-15(19(2)18-10)21(13(9-16)17-14)12-6-8-20-7-4-5-11(12)20/h11-12H,3-9H2,1-2H3. The minimum Gasteiger partial charge on any atom is -0.307 e. The quantitative estimate of drug-likeness (QED) is 0.818. The van der Waals surface area contributed by atoms with Crippen LogP contribution >= 0.6 is 11.6 Å². The summed E-state index contributed by atoms with van der Waals surface area (Å²) in [5.41, 5.74) is 3.28. The van der Waals surface area contributed by atoms with Crippen molar-refractivity contribution in [3.05, 3.63) is 11.5 Å². The second kappa shape index (κ2) is 4.99. The zero-order chi connectivity index (χ0) is 14.6. The van der Waals surface area contributed by atoms with Gasteiger partial charge < -0.3 is 4.57 Å². The number of hydrogen-bond acceptors (Lipinski definition) is 3. The van der Waals surface area contributed by atoms with Crippen molar-refractivity contribution >= 4 is 22.8 Å². The number of nitrogens with zero attached hydrogens (tertiary/aromatic N) is 5. The number of alkyl halides is 1. The largest absolute Gasteiger partial charge is 0.307 e.